The van der Waals surface area contributed by atoms with Crippen LogP contribution >= 0.6 is 0 Å². The zero-order valence-electron chi connectivity index (χ0n) is 9.80. The number of likely N-dealkylation sites (tertiary alicyclic amines) is 1. The van der Waals surface area contributed by atoms with E-state index in [0.717, 1.165) is 25.9 Å². The lowest BCUT2D eigenvalue weighted by atomic mass is 9.86. The Hall–Kier alpha value is -1.03. The second kappa shape index (κ2) is 4.69. The maximum absolute atomic E-state index is 12.9. The second-order valence-corrected chi connectivity index (χ2v) is 4.66. The van der Waals surface area contributed by atoms with Crippen LogP contribution < -0.4 is 0 Å². The highest BCUT2D eigenvalue weighted by molar-refractivity contribution is 5.33. The first kappa shape index (κ1) is 12.4. The van der Waals surface area contributed by atoms with Crippen molar-refractivity contribution in [3.8, 4) is 0 Å². The van der Waals surface area contributed by atoms with Gasteiger partial charge in [-0.3, -0.25) is 0 Å². The summed E-state index contributed by atoms with van der Waals surface area (Å²) < 4.78 is 38.6. The fourth-order valence-corrected chi connectivity index (χ4v) is 2.43. The third-order valence-electron chi connectivity index (χ3n) is 3.42. The first-order chi connectivity index (χ1) is 7.98. The third kappa shape index (κ3) is 2.80. The minimum Gasteiger partial charge on any atom is -0.306 e. The van der Waals surface area contributed by atoms with Crippen LogP contribution in [0.5, 0.6) is 0 Å². The lowest BCUT2D eigenvalue weighted by Gasteiger charge is -2.30. The largest absolute Gasteiger partial charge is 0.416 e. The molecule has 1 heterocycles. The molecule has 0 N–H and O–H groups in total. The number of halogens is 3. The fraction of sp³-hybridized carbons (Fsp3) is 0.538. The molecule has 94 valence electrons. The Morgan fingerprint density at radius 2 is 1.71 bits per heavy atom. The molecular weight excluding hydrogens is 227 g/mol. The van der Waals surface area contributed by atoms with Gasteiger partial charge in [0.15, 0.2) is 0 Å². The van der Waals surface area contributed by atoms with E-state index in [1.807, 2.05) is 7.05 Å². The van der Waals surface area contributed by atoms with Gasteiger partial charge in [0.2, 0.25) is 0 Å². The number of benzene rings is 1. The summed E-state index contributed by atoms with van der Waals surface area (Å²) >= 11 is 0. The van der Waals surface area contributed by atoms with Gasteiger partial charge in [0.1, 0.15) is 0 Å². The molecule has 0 amide bonds. The molecular formula is C13H16F3N. The smallest absolute Gasteiger partial charge is 0.306 e. The highest BCUT2D eigenvalue weighted by Crippen LogP contribution is 2.38. The van der Waals surface area contributed by atoms with Crippen LogP contribution in [0.2, 0.25) is 0 Å². The highest BCUT2D eigenvalue weighted by atomic mass is 19.4. The van der Waals surface area contributed by atoms with Crippen LogP contribution in [-0.4, -0.2) is 25.0 Å². The number of rotatable bonds is 1. The van der Waals surface area contributed by atoms with Crippen LogP contribution in [0.1, 0.15) is 29.9 Å². The van der Waals surface area contributed by atoms with Gasteiger partial charge in [0.05, 0.1) is 5.56 Å². The van der Waals surface area contributed by atoms with Gasteiger partial charge in [-0.05, 0) is 50.5 Å². The van der Waals surface area contributed by atoms with Crippen LogP contribution in [0.25, 0.3) is 0 Å². The maximum Gasteiger partial charge on any atom is 0.416 e. The lowest BCUT2D eigenvalue weighted by molar-refractivity contribution is -0.138. The predicted molar refractivity (Wildman–Crippen MR) is 60.9 cm³/mol. The summed E-state index contributed by atoms with van der Waals surface area (Å²) in [7, 11) is 2.01. The number of piperidine rings is 1. The summed E-state index contributed by atoms with van der Waals surface area (Å²) in [5.74, 6) is 0.0454. The second-order valence-electron chi connectivity index (χ2n) is 4.66. The molecule has 1 aromatic carbocycles. The van der Waals surface area contributed by atoms with Crippen molar-refractivity contribution < 1.29 is 13.2 Å². The van der Waals surface area contributed by atoms with Gasteiger partial charge >= 0.3 is 6.18 Å². The van der Waals surface area contributed by atoms with Crippen molar-refractivity contribution in [2.75, 3.05) is 20.1 Å². The van der Waals surface area contributed by atoms with Gasteiger partial charge < -0.3 is 4.90 Å². The van der Waals surface area contributed by atoms with Gasteiger partial charge in [-0.1, -0.05) is 18.2 Å². The first-order valence-electron chi connectivity index (χ1n) is 5.83. The average Bonchev–Trinajstić information content (AvgIpc) is 2.29. The summed E-state index contributed by atoms with van der Waals surface area (Å²) in [6, 6.07) is 5.97. The lowest BCUT2D eigenvalue weighted by Crippen LogP contribution is -2.30. The van der Waals surface area contributed by atoms with E-state index in [-0.39, 0.29) is 5.92 Å². The quantitative estimate of drug-likeness (QED) is 0.729. The summed E-state index contributed by atoms with van der Waals surface area (Å²) in [5.41, 5.74) is 0.00246. The molecule has 0 aliphatic carbocycles. The number of nitrogens with zero attached hydrogens (tertiary/aromatic N) is 1. The number of alkyl halides is 3. The third-order valence-corrected chi connectivity index (χ3v) is 3.42. The van der Waals surface area contributed by atoms with Gasteiger partial charge in [-0.25, -0.2) is 0 Å². The molecule has 1 nitrogen and oxygen atoms in total. The Morgan fingerprint density at radius 1 is 1.12 bits per heavy atom. The van der Waals surface area contributed by atoms with E-state index in [1.165, 1.54) is 12.1 Å². The molecule has 1 saturated heterocycles. The summed E-state index contributed by atoms with van der Waals surface area (Å²) in [4.78, 5) is 2.16. The molecule has 0 saturated carbocycles. The van der Waals surface area contributed by atoms with Gasteiger partial charge in [0.25, 0.3) is 0 Å². The Balaban J connectivity index is 2.26. The van der Waals surface area contributed by atoms with Crippen LogP contribution in [0.3, 0.4) is 0 Å². The zero-order valence-corrected chi connectivity index (χ0v) is 9.80. The molecule has 0 aromatic heterocycles. The predicted octanol–water partition coefficient (Wildman–Crippen LogP) is 3.51. The summed E-state index contributed by atoms with van der Waals surface area (Å²) in [5, 5.41) is 0. The normalized spacial score (nSPS) is 19.5. The van der Waals surface area contributed by atoms with E-state index in [2.05, 4.69) is 4.90 Å². The van der Waals surface area contributed by atoms with Crippen molar-refractivity contribution in [2.45, 2.75) is 24.9 Å². The van der Waals surface area contributed by atoms with Crippen molar-refractivity contribution >= 4 is 0 Å². The number of hydrogen-bond acceptors (Lipinski definition) is 1. The van der Waals surface area contributed by atoms with E-state index >= 15 is 0 Å². The number of hydrogen-bond donors (Lipinski definition) is 0. The van der Waals surface area contributed by atoms with Crippen molar-refractivity contribution in [3.05, 3.63) is 35.4 Å². The van der Waals surface area contributed by atoms with Crippen LogP contribution in [0.4, 0.5) is 13.2 Å². The van der Waals surface area contributed by atoms with E-state index in [4.69, 9.17) is 0 Å². The van der Waals surface area contributed by atoms with Gasteiger partial charge in [-0.15, -0.1) is 0 Å². The Morgan fingerprint density at radius 3 is 2.29 bits per heavy atom. The Kier molecular flexibility index (Phi) is 3.43. The first-order valence-corrected chi connectivity index (χ1v) is 5.83. The van der Waals surface area contributed by atoms with E-state index in [1.54, 1.807) is 12.1 Å². The molecule has 0 spiro atoms. The Labute approximate surface area is 99.2 Å². The maximum atomic E-state index is 12.9. The molecule has 2 rings (SSSR count). The molecule has 1 aliphatic heterocycles. The molecule has 4 heteroatoms. The molecule has 0 radical (unpaired) electrons. The SMILES string of the molecule is CN1CCC(c2ccccc2C(F)(F)F)CC1. The molecule has 0 atom stereocenters. The summed E-state index contributed by atoms with van der Waals surface area (Å²) in [6.45, 7) is 1.74. The minimum atomic E-state index is -4.24. The topological polar surface area (TPSA) is 3.24 Å². The Bertz CT molecular complexity index is 378. The van der Waals surface area contributed by atoms with Crippen molar-refractivity contribution in [2.24, 2.45) is 0 Å². The van der Waals surface area contributed by atoms with Gasteiger partial charge in [-0.2, -0.15) is 13.2 Å². The van der Waals surface area contributed by atoms with Crippen LogP contribution in [0.15, 0.2) is 24.3 Å². The molecule has 17 heavy (non-hydrogen) atoms. The van der Waals surface area contributed by atoms with E-state index in [0.29, 0.717) is 5.56 Å². The molecule has 1 aliphatic rings. The molecule has 1 aromatic rings. The molecule has 0 unspecified atom stereocenters. The minimum absolute atomic E-state index is 0.0454. The van der Waals surface area contributed by atoms with Gasteiger partial charge in [0, 0.05) is 0 Å². The fourth-order valence-electron chi connectivity index (χ4n) is 2.43. The molecule has 0 bridgehead atoms. The summed E-state index contributed by atoms with van der Waals surface area (Å²) in [6.07, 6.45) is -2.62. The standard InChI is InChI=1S/C13H16F3N/c1-17-8-6-10(7-9-17)11-4-2-3-5-12(11)13(14,15)16/h2-5,10H,6-9H2,1H3. The van der Waals surface area contributed by atoms with Crippen LogP contribution in [-0.2, 0) is 6.18 Å². The zero-order chi connectivity index (χ0) is 12.5. The van der Waals surface area contributed by atoms with Crippen LogP contribution in [0, 0.1) is 0 Å². The van der Waals surface area contributed by atoms with Crippen molar-refractivity contribution in [3.63, 3.8) is 0 Å². The van der Waals surface area contributed by atoms with E-state index in [9.17, 15) is 13.2 Å². The molecule has 1 fully saturated rings. The monoisotopic (exact) mass is 243 g/mol. The average molecular weight is 243 g/mol. The van der Waals surface area contributed by atoms with E-state index < -0.39 is 11.7 Å². The van der Waals surface area contributed by atoms with Crippen molar-refractivity contribution in [1.82, 2.24) is 4.90 Å². The van der Waals surface area contributed by atoms with Crippen molar-refractivity contribution in [1.29, 1.82) is 0 Å². The highest BCUT2D eigenvalue weighted by Gasteiger charge is 2.35.